The normalized spacial score (nSPS) is 13.1. The Morgan fingerprint density at radius 1 is 0.383 bits per heavy atom. The van der Waals surface area contributed by atoms with Gasteiger partial charge in [0.25, 0.3) is 0 Å². The van der Waals surface area contributed by atoms with Gasteiger partial charge in [-0.1, -0.05) is 182 Å². The van der Waals surface area contributed by atoms with Crippen LogP contribution < -0.4 is 0 Å². The van der Waals surface area contributed by atoms with Crippen LogP contribution in [0.5, 0.6) is 0 Å². The molecule has 0 amide bonds. The van der Waals surface area contributed by atoms with E-state index in [-0.39, 0.29) is 25.2 Å². The first-order chi connectivity index (χ1) is 29.6. The van der Waals surface area contributed by atoms with Crippen LogP contribution >= 0.6 is 0 Å². The summed E-state index contributed by atoms with van der Waals surface area (Å²) in [4.78, 5) is 25.3. The topological polar surface area (TPSA) is 61.8 Å². The second-order valence-electron chi connectivity index (χ2n) is 16.0. The van der Waals surface area contributed by atoms with Gasteiger partial charge in [-0.15, -0.1) is 0 Å². The molecule has 60 heavy (non-hydrogen) atoms. The summed E-state index contributed by atoms with van der Waals surface area (Å²) in [6.07, 6.45) is 67.0. The Balaban J connectivity index is 4.39. The van der Waals surface area contributed by atoms with Crippen LogP contribution in [0.15, 0.2) is 97.2 Å². The van der Waals surface area contributed by atoms with Crippen molar-refractivity contribution >= 4 is 11.9 Å². The van der Waals surface area contributed by atoms with Gasteiger partial charge in [-0.05, 0) is 116 Å². The Kier molecular flexibility index (Phi) is 47.5. The van der Waals surface area contributed by atoms with Crippen LogP contribution in [0.4, 0.5) is 0 Å². The van der Waals surface area contributed by atoms with Gasteiger partial charge in [0.2, 0.25) is 0 Å². The quantitative estimate of drug-likeness (QED) is 0.0348. The predicted molar refractivity (Wildman–Crippen MR) is 260 cm³/mol. The molecule has 0 aromatic heterocycles. The second-order valence-corrected chi connectivity index (χ2v) is 16.0. The smallest absolute Gasteiger partial charge is 0.306 e. The highest BCUT2D eigenvalue weighted by Crippen LogP contribution is 2.12. The fourth-order valence-corrected chi connectivity index (χ4v) is 6.39. The molecule has 0 aliphatic heterocycles. The van der Waals surface area contributed by atoms with E-state index in [4.69, 9.17) is 14.2 Å². The van der Waals surface area contributed by atoms with Crippen molar-refractivity contribution in [1.29, 1.82) is 0 Å². The lowest BCUT2D eigenvalue weighted by Crippen LogP contribution is -2.30. The Bertz CT molecular complexity index is 1170. The molecule has 0 spiro atoms. The maximum absolute atomic E-state index is 12.8. The molecule has 1 unspecified atom stereocenters. The van der Waals surface area contributed by atoms with Crippen molar-refractivity contribution in [3.8, 4) is 0 Å². The summed E-state index contributed by atoms with van der Waals surface area (Å²) in [7, 11) is 0. The molecule has 0 aromatic carbocycles. The van der Waals surface area contributed by atoms with Crippen LogP contribution in [0.3, 0.4) is 0 Å². The van der Waals surface area contributed by atoms with E-state index in [1.165, 1.54) is 64.2 Å². The third-order valence-corrected chi connectivity index (χ3v) is 10.1. The van der Waals surface area contributed by atoms with Crippen LogP contribution in [0.1, 0.15) is 213 Å². The minimum absolute atomic E-state index is 0.0523. The summed E-state index contributed by atoms with van der Waals surface area (Å²) in [5.74, 6) is -0.453. The third kappa shape index (κ3) is 47.5. The van der Waals surface area contributed by atoms with Gasteiger partial charge < -0.3 is 14.2 Å². The molecule has 0 N–H and O–H groups in total. The average Bonchev–Trinajstić information content (AvgIpc) is 3.25. The van der Waals surface area contributed by atoms with Crippen LogP contribution in [-0.4, -0.2) is 37.9 Å². The van der Waals surface area contributed by atoms with E-state index < -0.39 is 6.10 Å². The summed E-state index contributed by atoms with van der Waals surface area (Å²) < 4.78 is 17.3. The van der Waals surface area contributed by atoms with E-state index in [0.29, 0.717) is 19.4 Å². The molecule has 5 heteroatoms. The van der Waals surface area contributed by atoms with Crippen molar-refractivity contribution in [2.75, 3.05) is 19.8 Å². The molecule has 0 aliphatic rings. The first-order valence-corrected chi connectivity index (χ1v) is 24.8. The van der Waals surface area contributed by atoms with Crippen LogP contribution in [0, 0.1) is 0 Å². The van der Waals surface area contributed by atoms with Crippen molar-refractivity contribution in [1.82, 2.24) is 0 Å². The SMILES string of the molecule is CC/C=C\C/C=C\C/C=C\C/C=C\C/C=C\CCCCOCC(COC(=O)CCCCCCC/C=C\C/C=C\CCC)OC(=O)CCCCCCC/C=C\CCCCCC. The lowest BCUT2D eigenvalue weighted by atomic mass is 10.1. The number of hydrogen-bond donors (Lipinski definition) is 0. The van der Waals surface area contributed by atoms with Gasteiger partial charge in [-0.3, -0.25) is 9.59 Å². The summed E-state index contributed by atoms with van der Waals surface area (Å²) in [6.45, 7) is 7.50. The highest BCUT2D eigenvalue weighted by Gasteiger charge is 2.17. The predicted octanol–water partition coefficient (Wildman–Crippen LogP) is 16.7. The fourth-order valence-electron chi connectivity index (χ4n) is 6.39. The minimum atomic E-state index is -0.573. The molecule has 0 radical (unpaired) electrons. The van der Waals surface area contributed by atoms with E-state index in [2.05, 4.69) is 118 Å². The first kappa shape index (κ1) is 56.8. The monoisotopic (exact) mass is 833 g/mol. The number of carbonyl (C=O) groups excluding carboxylic acids is 2. The number of esters is 2. The molecule has 0 fully saturated rings. The Morgan fingerprint density at radius 2 is 0.783 bits per heavy atom. The number of ether oxygens (including phenoxy) is 3. The van der Waals surface area contributed by atoms with Crippen molar-refractivity contribution in [2.24, 2.45) is 0 Å². The van der Waals surface area contributed by atoms with Gasteiger partial charge in [0.1, 0.15) is 6.61 Å². The maximum atomic E-state index is 12.8. The number of allylic oxidation sites excluding steroid dienone is 16. The molecular weight excluding hydrogens is 741 g/mol. The van der Waals surface area contributed by atoms with Gasteiger partial charge in [-0.2, -0.15) is 0 Å². The van der Waals surface area contributed by atoms with E-state index in [1.807, 2.05) is 0 Å². The Hall–Kier alpha value is -3.18. The molecule has 0 aliphatic carbocycles. The van der Waals surface area contributed by atoms with Crippen molar-refractivity contribution in [2.45, 2.75) is 219 Å². The molecule has 0 saturated heterocycles. The van der Waals surface area contributed by atoms with Gasteiger partial charge in [-0.25, -0.2) is 0 Å². The zero-order valence-corrected chi connectivity index (χ0v) is 39.2. The average molecular weight is 833 g/mol. The molecule has 1 atom stereocenters. The Labute approximate surface area is 371 Å². The highest BCUT2D eigenvalue weighted by atomic mass is 16.6. The van der Waals surface area contributed by atoms with Gasteiger partial charge in [0.15, 0.2) is 6.10 Å². The standard InChI is InChI=1S/C55H92O5/c1-4-7-10-13-16-19-22-25-26-27-28-29-32-35-38-41-44-47-50-58-51-53(60-55(57)49-46-43-40-37-34-31-24-21-18-15-12-9-6-3)52-59-54(56)48-45-42-39-36-33-30-23-20-17-14-11-8-5-2/h7,10-11,14,16,19-21,23-26,28-29,35,38,53H,4-6,8-9,12-13,15,17-18,22,27,30-34,36-37,39-52H2,1-3H3/b10-7-,14-11-,19-16-,23-20-,24-21-,26-25-,29-28-,38-35-. The molecule has 0 aromatic rings. The highest BCUT2D eigenvalue weighted by molar-refractivity contribution is 5.70. The third-order valence-electron chi connectivity index (χ3n) is 10.1. The maximum Gasteiger partial charge on any atom is 0.306 e. The van der Waals surface area contributed by atoms with Crippen molar-refractivity contribution < 1.29 is 23.8 Å². The van der Waals surface area contributed by atoms with E-state index in [1.54, 1.807) is 0 Å². The van der Waals surface area contributed by atoms with Crippen LogP contribution in [-0.2, 0) is 23.8 Å². The van der Waals surface area contributed by atoms with E-state index >= 15 is 0 Å². The van der Waals surface area contributed by atoms with Crippen molar-refractivity contribution in [3.05, 3.63) is 97.2 Å². The lowest BCUT2D eigenvalue weighted by molar-refractivity contribution is -0.163. The number of hydrogen-bond acceptors (Lipinski definition) is 5. The first-order valence-electron chi connectivity index (χ1n) is 24.8. The van der Waals surface area contributed by atoms with Crippen LogP contribution in [0.25, 0.3) is 0 Å². The van der Waals surface area contributed by atoms with Crippen LogP contribution in [0.2, 0.25) is 0 Å². The molecular formula is C55H92O5. The zero-order chi connectivity index (χ0) is 43.5. The molecule has 0 rings (SSSR count). The minimum Gasteiger partial charge on any atom is -0.462 e. The van der Waals surface area contributed by atoms with Crippen molar-refractivity contribution in [3.63, 3.8) is 0 Å². The largest absolute Gasteiger partial charge is 0.462 e. The summed E-state index contributed by atoms with van der Waals surface area (Å²) >= 11 is 0. The summed E-state index contributed by atoms with van der Waals surface area (Å²) in [5.41, 5.74) is 0. The second kappa shape index (κ2) is 50.2. The summed E-state index contributed by atoms with van der Waals surface area (Å²) in [5, 5.41) is 0. The zero-order valence-electron chi connectivity index (χ0n) is 39.2. The van der Waals surface area contributed by atoms with E-state index in [9.17, 15) is 9.59 Å². The number of rotatable bonds is 44. The number of carbonyl (C=O) groups is 2. The molecule has 0 saturated carbocycles. The summed E-state index contributed by atoms with van der Waals surface area (Å²) in [6, 6.07) is 0. The molecule has 5 nitrogen and oxygen atoms in total. The number of unbranched alkanes of at least 4 members (excludes halogenated alkanes) is 17. The van der Waals surface area contributed by atoms with Gasteiger partial charge >= 0.3 is 11.9 Å². The Morgan fingerprint density at radius 3 is 1.28 bits per heavy atom. The van der Waals surface area contributed by atoms with Gasteiger partial charge in [0.05, 0.1) is 6.61 Å². The lowest BCUT2D eigenvalue weighted by Gasteiger charge is -2.18. The molecule has 342 valence electrons. The fraction of sp³-hybridized carbons (Fsp3) is 0.673. The van der Waals surface area contributed by atoms with Gasteiger partial charge in [0, 0.05) is 19.4 Å². The van der Waals surface area contributed by atoms with E-state index in [0.717, 1.165) is 116 Å². The molecule has 0 heterocycles. The molecule has 0 bridgehead atoms.